The number of hydrogen-bond acceptors (Lipinski definition) is 1. The molecule has 0 aromatic rings. The van der Waals surface area contributed by atoms with Crippen molar-refractivity contribution in [3.63, 3.8) is 0 Å². The van der Waals surface area contributed by atoms with E-state index in [1.807, 2.05) is 0 Å². The maximum Gasteiger partial charge on any atom is -0.00719 e. The highest BCUT2D eigenvalue weighted by Crippen LogP contribution is 2.51. The Kier molecular flexibility index (Phi) is 2.94. The molecule has 0 atom stereocenters. The van der Waals surface area contributed by atoms with Crippen molar-refractivity contribution in [1.29, 1.82) is 0 Å². The summed E-state index contributed by atoms with van der Waals surface area (Å²) in [7, 11) is 0. The van der Waals surface area contributed by atoms with Crippen molar-refractivity contribution in [3.05, 3.63) is 0 Å². The molecule has 0 bridgehead atoms. The summed E-state index contributed by atoms with van der Waals surface area (Å²) in [6.07, 6.45) is 6.81. The van der Waals surface area contributed by atoms with Crippen LogP contribution in [0, 0.1) is 11.3 Å². The van der Waals surface area contributed by atoms with Crippen molar-refractivity contribution in [1.82, 2.24) is 0 Å². The van der Waals surface area contributed by atoms with Gasteiger partial charge in [-0.15, -0.1) is 0 Å². The predicted molar refractivity (Wildman–Crippen MR) is 49.4 cm³/mol. The van der Waals surface area contributed by atoms with E-state index in [4.69, 9.17) is 5.73 Å². The minimum absolute atomic E-state index is 0.620. The van der Waals surface area contributed by atoms with E-state index >= 15 is 0 Å². The van der Waals surface area contributed by atoms with Crippen LogP contribution in [-0.4, -0.2) is 6.54 Å². The van der Waals surface area contributed by atoms with Gasteiger partial charge in [0.25, 0.3) is 0 Å². The molecular formula is C10H21N. The zero-order chi connectivity index (χ0) is 8.32. The molecule has 0 aliphatic heterocycles. The molecule has 66 valence electrons. The summed E-state index contributed by atoms with van der Waals surface area (Å²) in [5, 5.41) is 0. The predicted octanol–water partition coefficient (Wildman–Crippen LogP) is 2.55. The van der Waals surface area contributed by atoms with Crippen LogP contribution in [0.5, 0.6) is 0 Å². The topological polar surface area (TPSA) is 26.0 Å². The van der Waals surface area contributed by atoms with Crippen molar-refractivity contribution in [3.8, 4) is 0 Å². The summed E-state index contributed by atoms with van der Waals surface area (Å²) >= 11 is 0. The van der Waals surface area contributed by atoms with Crippen LogP contribution in [0.3, 0.4) is 0 Å². The van der Waals surface area contributed by atoms with Crippen LogP contribution in [0.15, 0.2) is 0 Å². The normalized spacial score (nSPS) is 18.8. The van der Waals surface area contributed by atoms with Gasteiger partial charge in [-0.05, 0) is 37.1 Å². The summed E-state index contributed by atoms with van der Waals surface area (Å²) < 4.78 is 0. The van der Waals surface area contributed by atoms with Gasteiger partial charge in [0.1, 0.15) is 0 Å². The van der Waals surface area contributed by atoms with E-state index in [1.54, 1.807) is 0 Å². The third kappa shape index (κ3) is 1.76. The zero-order valence-electron chi connectivity index (χ0n) is 7.90. The highest BCUT2D eigenvalue weighted by atomic mass is 14.6. The third-order valence-electron chi connectivity index (χ3n) is 3.49. The maximum absolute atomic E-state index is 5.63. The van der Waals surface area contributed by atoms with Crippen molar-refractivity contribution in [2.45, 2.75) is 46.0 Å². The lowest BCUT2D eigenvalue weighted by molar-refractivity contribution is 0.201. The molecule has 1 rings (SSSR count). The fourth-order valence-electron chi connectivity index (χ4n) is 2.37. The van der Waals surface area contributed by atoms with E-state index in [1.165, 1.54) is 32.1 Å². The summed E-state index contributed by atoms with van der Waals surface area (Å²) in [5.74, 6) is 1.01. The molecule has 0 aromatic carbocycles. The van der Waals surface area contributed by atoms with Crippen LogP contribution in [-0.2, 0) is 0 Å². The van der Waals surface area contributed by atoms with Crippen LogP contribution < -0.4 is 5.73 Å². The Morgan fingerprint density at radius 1 is 1.27 bits per heavy atom. The summed E-state index contributed by atoms with van der Waals surface area (Å²) in [5.41, 5.74) is 6.25. The molecular weight excluding hydrogens is 134 g/mol. The molecule has 0 amide bonds. The Hall–Kier alpha value is -0.0400. The van der Waals surface area contributed by atoms with E-state index in [-0.39, 0.29) is 0 Å². The zero-order valence-corrected chi connectivity index (χ0v) is 7.90. The first-order chi connectivity index (χ1) is 5.29. The van der Waals surface area contributed by atoms with Crippen LogP contribution in [0.4, 0.5) is 0 Å². The quantitative estimate of drug-likeness (QED) is 0.648. The van der Waals surface area contributed by atoms with Crippen LogP contribution in [0.1, 0.15) is 46.0 Å². The monoisotopic (exact) mass is 155 g/mol. The Morgan fingerprint density at radius 2 is 1.82 bits per heavy atom. The van der Waals surface area contributed by atoms with Crippen LogP contribution in [0.2, 0.25) is 0 Å². The van der Waals surface area contributed by atoms with E-state index in [0.29, 0.717) is 5.41 Å². The molecule has 0 heterocycles. The van der Waals surface area contributed by atoms with Gasteiger partial charge in [0.15, 0.2) is 0 Å². The molecule has 0 spiro atoms. The smallest absolute Gasteiger partial charge is 0.00719 e. The average molecular weight is 155 g/mol. The van der Waals surface area contributed by atoms with E-state index in [2.05, 4.69) is 13.8 Å². The van der Waals surface area contributed by atoms with Crippen molar-refractivity contribution < 1.29 is 0 Å². The lowest BCUT2D eigenvalue weighted by atomic mass is 9.75. The van der Waals surface area contributed by atoms with Gasteiger partial charge in [0.05, 0.1) is 0 Å². The fourth-order valence-corrected chi connectivity index (χ4v) is 2.37. The average Bonchev–Trinajstić information content (AvgIpc) is 2.83. The van der Waals surface area contributed by atoms with Crippen molar-refractivity contribution >= 4 is 0 Å². The number of nitrogens with two attached hydrogens (primary N) is 1. The second kappa shape index (κ2) is 3.57. The second-order valence-corrected chi connectivity index (χ2v) is 3.88. The lowest BCUT2D eigenvalue weighted by Crippen LogP contribution is -2.25. The molecule has 0 unspecified atom stereocenters. The van der Waals surface area contributed by atoms with Gasteiger partial charge in [-0.2, -0.15) is 0 Å². The molecule has 1 aliphatic rings. The van der Waals surface area contributed by atoms with Gasteiger partial charge in [-0.3, -0.25) is 0 Å². The maximum atomic E-state index is 5.63. The van der Waals surface area contributed by atoms with Gasteiger partial charge < -0.3 is 5.73 Å². The number of hydrogen-bond donors (Lipinski definition) is 1. The Labute approximate surface area is 70.4 Å². The SMILES string of the molecule is CCC(CC)(CCN)C1CC1. The molecule has 2 N–H and O–H groups in total. The van der Waals surface area contributed by atoms with E-state index in [0.717, 1.165) is 12.5 Å². The Balaban J connectivity index is 2.50. The minimum atomic E-state index is 0.620. The first-order valence-electron chi connectivity index (χ1n) is 4.99. The molecule has 1 heteroatoms. The lowest BCUT2D eigenvalue weighted by Gasteiger charge is -2.31. The van der Waals surface area contributed by atoms with Gasteiger partial charge in [-0.1, -0.05) is 26.7 Å². The Bertz CT molecular complexity index is 112. The molecule has 11 heavy (non-hydrogen) atoms. The van der Waals surface area contributed by atoms with Gasteiger partial charge >= 0.3 is 0 Å². The molecule has 1 nitrogen and oxygen atoms in total. The van der Waals surface area contributed by atoms with E-state index in [9.17, 15) is 0 Å². The van der Waals surface area contributed by atoms with Crippen molar-refractivity contribution in [2.75, 3.05) is 6.54 Å². The highest BCUT2D eigenvalue weighted by Gasteiger charge is 2.41. The number of rotatable bonds is 5. The summed E-state index contributed by atoms with van der Waals surface area (Å²) in [6, 6.07) is 0. The van der Waals surface area contributed by atoms with Crippen LogP contribution >= 0.6 is 0 Å². The molecule has 1 fully saturated rings. The van der Waals surface area contributed by atoms with Crippen molar-refractivity contribution in [2.24, 2.45) is 17.1 Å². The van der Waals surface area contributed by atoms with Gasteiger partial charge in [0.2, 0.25) is 0 Å². The standard InChI is InChI=1S/C10H21N/c1-3-10(4-2,7-8-11)9-5-6-9/h9H,3-8,11H2,1-2H3. The molecule has 0 radical (unpaired) electrons. The molecule has 1 saturated carbocycles. The summed E-state index contributed by atoms with van der Waals surface area (Å²) in [6.45, 7) is 5.51. The third-order valence-corrected chi connectivity index (χ3v) is 3.49. The minimum Gasteiger partial charge on any atom is -0.330 e. The first-order valence-corrected chi connectivity index (χ1v) is 4.99. The Morgan fingerprint density at radius 3 is 2.09 bits per heavy atom. The molecule has 0 aromatic heterocycles. The second-order valence-electron chi connectivity index (χ2n) is 3.88. The molecule has 1 aliphatic carbocycles. The van der Waals surface area contributed by atoms with Gasteiger partial charge in [0, 0.05) is 0 Å². The van der Waals surface area contributed by atoms with E-state index < -0.39 is 0 Å². The summed E-state index contributed by atoms with van der Waals surface area (Å²) in [4.78, 5) is 0. The largest absolute Gasteiger partial charge is 0.330 e. The van der Waals surface area contributed by atoms with Gasteiger partial charge in [-0.25, -0.2) is 0 Å². The first kappa shape index (κ1) is 9.05. The fraction of sp³-hybridized carbons (Fsp3) is 1.00. The molecule has 0 saturated heterocycles. The highest BCUT2D eigenvalue weighted by molar-refractivity contribution is 4.92. The van der Waals surface area contributed by atoms with Crippen LogP contribution in [0.25, 0.3) is 0 Å².